The fourth-order valence-electron chi connectivity index (χ4n) is 4.63. The second-order valence-corrected chi connectivity index (χ2v) is 8.81. The van der Waals surface area contributed by atoms with Gasteiger partial charge in [-0.15, -0.1) is 0 Å². The number of nitrogens with zero attached hydrogens (tertiary/aromatic N) is 2. The SMILES string of the molecule is CCOC(=O)C(C)(C)C(=O)CNC(=O)c1nn(-c2ccc(F)cc2F)c2c1[C@@H]1CC[C@H]2C1. The predicted molar refractivity (Wildman–Crippen MR) is 111 cm³/mol. The van der Waals surface area contributed by atoms with E-state index < -0.39 is 34.7 Å². The van der Waals surface area contributed by atoms with Crippen LogP contribution in [0.3, 0.4) is 0 Å². The Hall–Kier alpha value is -3.10. The van der Waals surface area contributed by atoms with Crippen molar-refractivity contribution in [1.29, 1.82) is 0 Å². The Morgan fingerprint density at radius 2 is 1.94 bits per heavy atom. The molecular formula is C23H25F2N3O4. The van der Waals surface area contributed by atoms with Crippen molar-refractivity contribution >= 4 is 17.7 Å². The first-order chi connectivity index (χ1) is 15.1. The van der Waals surface area contributed by atoms with Crippen LogP contribution < -0.4 is 5.32 Å². The molecule has 0 saturated heterocycles. The molecule has 1 fully saturated rings. The van der Waals surface area contributed by atoms with Crippen LogP contribution in [0.1, 0.15) is 73.6 Å². The minimum absolute atomic E-state index is 0.0776. The standard InChI is InChI=1S/C23H25F2N3O4/c1-4-32-22(31)23(2,3)17(29)11-26-21(30)19-18-12-5-6-13(9-12)20(18)28(27-19)16-8-7-14(24)10-15(16)25/h7-8,10,12-13H,4-6,9,11H2,1-3H3,(H,26,30)/t12-,13+/m1/s1. The van der Waals surface area contributed by atoms with Gasteiger partial charge in [0.2, 0.25) is 0 Å². The zero-order valence-corrected chi connectivity index (χ0v) is 18.2. The summed E-state index contributed by atoms with van der Waals surface area (Å²) >= 11 is 0. The molecule has 1 amide bonds. The number of amides is 1. The molecule has 2 bridgehead atoms. The number of esters is 1. The molecule has 2 aliphatic rings. The van der Waals surface area contributed by atoms with E-state index in [0.29, 0.717) is 0 Å². The van der Waals surface area contributed by atoms with Crippen molar-refractivity contribution < 1.29 is 27.9 Å². The number of Topliss-reactive ketones (excluding diaryl/α,β-unsaturated/α-hetero) is 1. The summed E-state index contributed by atoms with van der Waals surface area (Å²) in [5.41, 5.74) is 0.349. The lowest BCUT2D eigenvalue weighted by atomic mass is 9.88. The number of carbonyl (C=O) groups is 3. The molecule has 0 radical (unpaired) electrons. The number of hydrogen-bond acceptors (Lipinski definition) is 5. The highest BCUT2D eigenvalue weighted by Crippen LogP contribution is 2.54. The number of ketones is 1. The Labute approximate surface area is 184 Å². The summed E-state index contributed by atoms with van der Waals surface area (Å²) in [7, 11) is 0. The molecule has 1 aromatic carbocycles. The molecule has 4 rings (SSSR count). The number of hydrogen-bond donors (Lipinski definition) is 1. The molecule has 2 aliphatic carbocycles. The molecule has 2 atom stereocenters. The summed E-state index contributed by atoms with van der Waals surface area (Å²) < 4.78 is 34.2. The summed E-state index contributed by atoms with van der Waals surface area (Å²) in [6, 6.07) is 3.24. The third-order valence-corrected chi connectivity index (χ3v) is 6.43. The van der Waals surface area contributed by atoms with Crippen molar-refractivity contribution in [2.45, 2.75) is 51.9 Å². The van der Waals surface area contributed by atoms with Gasteiger partial charge in [0.25, 0.3) is 5.91 Å². The lowest BCUT2D eigenvalue weighted by Gasteiger charge is -2.20. The molecule has 0 unspecified atom stereocenters. The fraction of sp³-hybridized carbons (Fsp3) is 0.478. The summed E-state index contributed by atoms with van der Waals surface area (Å²) in [5, 5.41) is 6.93. The number of carbonyl (C=O) groups excluding carboxylic acids is 3. The molecule has 1 aromatic heterocycles. The van der Waals surface area contributed by atoms with E-state index in [0.717, 1.165) is 42.7 Å². The Morgan fingerprint density at radius 1 is 1.22 bits per heavy atom. The van der Waals surface area contributed by atoms with E-state index in [2.05, 4.69) is 10.4 Å². The summed E-state index contributed by atoms with van der Waals surface area (Å²) in [6.45, 7) is 4.32. The number of ether oxygens (including phenoxy) is 1. The highest BCUT2D eigenvalue weighted by atomic mass is 19.1. The van der Waals surface area contributed by atoms with E-state index in [4.69, 9.17) is 4.74 Å². The molecule has 32 heavy (non-hydrogen) atoms. The minimum atomic E-state index is -1.40. The van der Waals surface area contributed by atoms with Crippen molar-refractivity contribution in [1.82, 2.24) is 15.1 Å². The second kappa shape index (κ2) is 8.11. The van der Waals surface area contributed by atoms with Crippen LogP contribution in [0.25, 0.3) is 5.69 Å². The zero-order valence-electron chi connectivity index (χ0n) is 18.2. The van der Waals surface area contributed by atoms with Gasteiger partial charge in [0, 0.05) is 17.5 Å². The van der Waals surface area contributed by atoms with E-state index in [1.165, 1.54) is 24.6 Å². The number of aromatic nitrogens is 2. The number of nitrogens with one attached hydrogen (secondary N) is 1. The maximum absolute atomic E-state index is 14.5. The zero-order chi connectivity index (χ0) is 23.2. The van der Waals surface area contributed by atoms with Gasteiger partial charge in [0.1, 0.15) is 16.9 Å². The number of halogens is 2. The van der Waals surface area contributed by atoms with Gasteiger partial charge in [0.15, 0.2) is 17.3 Å². The topological polar surface area (TPSA) is 90.3 Å². The van der Waals surface area contributed by atoms with E-state index in [1.807, 2.05) is 0 Å². The first-order valence-electron chi connectivity index (χ1n) is 10.7. The smallest absolute Gasteiger partial charge is 0.319 e. The van der Waals surface area contributed by atoms with Crippen molar-refractivity contribution in [3.05, 3.63) is 46.8 Å². The second-order valence-electron chi connectivity index (χ2n) is 8.81. The van der Waals surface area contributed by atoms with Gasteiger partial charge in [-0.05, 0) is 58.1 Å². The van der Waals surface area contributed by atoms with Gasteiger partial charge in [-0.3, -0.25) is 14.4 Å². The van der Waals surface area contributed by atoms with Crippen molar-refractivity contribution in [3.8, 4) is 5.69 Å². The van der Waals surface area contributed by atoms with E-state index >= 15 is 0 Å². The van der Waals surface area contributed by atoms with Gasteiger partial charge < -0.3 is 10.1 Å². The Bertz CT molecular complexity index is 1110. The normalized spacial score (nSPS) is 19.0. The van der Waals surface area contributed by atoms with Crippen LogP contribution in [0.2, 0.25) is 0 Å². The summed E-state index contributed by atoms with van der Waals surface area (Å²) in [5.74, 6) is -2.89. The lowest BCUT2D eigenvalue weighted by Crippen LogP contribution is -2.42. The van der Waals surface area contributed by atoms with E-state index in [-0.39, 0.29) is 36.4 Å². The van der Waals surface area contributed by atoms with E-state index in [9.17, 15) is 23.2 Å². The van der Waals surface area contributed by atoms with Crippen molar-refractivity contribution in [2.24, 2.45) is 5.41 Å². The number of benzene rings is 1. The Balaban J connectivity index is 1.61. The van der Waals surface area contributed by atoms with Crippen LogP contribution in [0.15, 0.2) is 18.2 Å². The van der Waals surface area contributed by atoms with Crippen LogP contribution in [0.5, 0.6) is 0 Å². The molecule has 9 heteroatoms. The first kappa shape index (κ1) is 22.1. The maximum Gasteiger partial charge on any atom is 0.319 e. The van der Waals surface area contributed by atoms with Crippen LogP contribution >= 0.6 is 0 Å². The van der Waals surface area contributed by atoms with Gasteiger partial charge in [-0.1, -0.05) is 0 Å². The molecule has 0 spiro atoms. The highest BCUT2D eigenvalue weighted by molar-refractivity contribution is 6.06. The summed E-state index contributed by atoms with van der Waals surface area (Å²) in [6.07, 6.45) is 2.68. The monoisotopic (exact) mass is 445 g/mol. The Kier molecular flexibility index (Phi) is 5.60. The van der Waals surface area contributed by atoms with Gasteiger partial charge in [0.05, 0.1) is 18.8 Å². The third-order valence-electron chi connectivity index (χ3n) is 6.43. The van der Waals surface area contributed by atoms with Crippen LogP contribution in [-0.2, 0) is 14.3 Å². The van der Waals surface area contributed by atoms with Gasteiger partial charge >= 0.3 is 5.97 Å². The fourth-order valence-corrected chi connectivity index (χ4v) is 4.63. The van der Waals surface area contributed by atoms with Crippen LogP contribution in [-0.4, -0.2) is 40.6 Å². The van der Waals surface area contributed by atoms with E-state index in [1.54, 1.807) is 6.92 Å². The average Bonchev–Trinajstić information content (AvgIpc) is 3.45. The van der Waals surface area contributed by atoms with Gasteiger partial charge in [-0.25, -0.2) is 13.5 Å². The minimum Gasteiger partial charge on any atom is -0.465 e. The Morgan fingerprint density at radius 3 is 2.62 bits per heavy atom. The average molecular weight is 445 g/mol. The quantitative estimate of drug-likeness (QED) is 0.521. The maximum atomic E-state index is 14.5. The van der Waals surface area contributed by atoms with Gasteiger partial charge in [-0.2, -0.15) is 5.10 Å². The van der Waals surface area contributed by atoms with Crippen LogP contribution in [0.4, 0.5) is 8.78 Å². The molecule has 2 aromatic rings. The molecule has 170 valence electrons. The van der Waals surface area contributed by atoms with Crippen molar-refractivity contribution in [3.63, 3.8) is 0 Å². The molecule has 1 N–H and O–H groups in total. The molecular weight excluding hydrogens is 420 g/mol. The van der Waals surface area contributed by atoms with Crippen molar-refractivity contribution in [2.75, 3.05) is 13.2 Å². The number of fused-ring (bicyclic) bond motifs is 5. The highest BCUT2D eigenvalue weighted by Gasteiger charge is 2.44. The predicted octanol–water partition coefficient (Wildman–Crippen LogP) is 3.40. The molecule has 1 heterocycles. The molecule has 1 saturated carbocycles. The largest absolute Gasteiger partial charge is 0.465 e. The molecule has 0 aliphatic heterocycles. The molecule has 7 nitrogen and oxygen atoms in total. The number of rotatable bonds is 7. The first-order valence-corrected chi connectivity index (χ1v) is 10.7. The summed E-state index contributed by atoms with van der Waals surface area (Å²) in [4.78, 5) is 37.6. The third kappa shape index (κ3) is 3.59. The lowest BCUT2D eigenvalue weighted by molar-refractivity contribution is -0.157. The van der Waals surface area contributed by atoms with Crippen LogP contribution in [0, 0.1) is 17.0 Å².